The summed E-state index contributed by atoms with van der Waals surface area (Å²) in [5, 5.41) is 6.12. The largest absolute Gasteiger partial charge is 0.381 e. The SMILES string of the molecule is CNCC(C)C(=O)NC(C)C1CCOCC1.Cl. The molecule has 2 unspecified atom stereocenters. The molecule has 0 radical (unpaired) electrons. The lowest BCUT2D eigenvalue weighted by Gasteiger charge is -2.29. The van der Waals surface area contributed by atoms with Gasteiger partial charge >= 0.3 is 0 Å². The van der Waals surface area contributed by atoms with Gasteiger partial charge in [-0.05, 0) is 32.7 Å². The maximum Gasteiger partial charge on any atom is 0.224 e. The van der Waals surface area contributed by atoms with E-state index in [0.29, 0.717) is 5.92 Å². The van der Waals surface area contributed by atoms with Crippen molar-refractivity contribution in [2.24, 2.45) is 11.8 Å². The Labute approximate surface area is 110 Å². The summed E-state index contributed by atoms with van der Waals surface area (Å²) >= 11 is 0. The molecule has 1 fully saturated rings. The van der Waals surface area contributed by atoms with Crippen molar-refractivity contribution in [2.45, 2.75) is 32.7 Å². The molecule has 5 heteroatoms. The summed E-state index contributed by atoms with van der Waals surface area (Å²) in [6.45, 7) is 6.43. The zero-order valence-electron chi connectivity index (χ0n) is 11.0. The molecule has 1 rings (SSSR count). The Morgan fingerprint density at radius 2 is 1.94 bits per heavy atom. The van der Waals surface area contributed by atoms with Crippen LogP contribution in [0.5, 0.6) is 0 Å². The Morgan fingerprint density at radius 1 is 1.35 bits per heavy atom. The van der Waals surface area contributed by atoms with Crippen LogP contribution in [0.4, 0.5) is 0 Å². The second kappa shape index (κ2) is 8.72. The number of hydrogen-bond donors (Lipinski definition) is 2. The Morgan fingerprint density at radius 3 is 2.47 bits per heavy atom. The normalized spacial score (nSPS) is 20.2. The van der Waals surface area contributed by atoms with Gasteiger partial charge in [0.2, 0.25) is 5.91 Å². The first kappa shape index (κ1) is 16.7. The van der Waals surface area contributed by atoms with Crippen LogP contribution in [0.1, 0.15) is 26.7 Å². The van der Waals surface area contributed by atoms with Crippen molar-refractivity contribution in [2.75, 3.05) is 26.8 Å². The lowest BCUT2D eigenvalue weighted by atomic mass is 9.92. The van der Waals surface area contributed by atoms with Crippen molar-refractivity contribution < 1.29 is 9.53 Å². The van der Waals surface area contributed by atoms with Gasteiger partial charge in [-0.2, -0.15) is 0 Å². The molecule has 0 aromatic rings. The van der Waals surface area contributed by atoms with Crippen LogP contribution in [0.25, 0.3) is 0 Å². The molecule has 0 aliphatic carbocycles. The molecule has 2 N–H and O–H groups in total. The minimum Gasteiger partial charge on any atom is -0.381 e. The van der Waals surface area contributed by atoms with Crippen molar-refractivity contribution >= 4 is 18.3 Å². The van der Waals surface area contributed by atoms with Crippen molar-refractivity contribution in [1.29, 1.82) is 0 Å². The van der Waals surface area contributed by atoms with Gasteiger partial charge in [-0.1, -0.05) is 6.92 Å². The summed E-state index contributed by atoms with van der Waals surface area (Å²) in [6.07, 6.45) is 2.11. The summed E-state index contributed by atoms with van der Waals surface area (Å²) in [5.41, 5.74) is 0. The van der Waals surface area contributed by atoms with Crippen molar-refractivity contribution in [3.05, 3.63) is 0 Å². The van der Waals surface area contributed by atoms with Crippen LogP contribution in [-0.4, -0.2) is 38.8 Å². The first-order valence-corrected chi connectivity index (χ1v) is 6.18. The standard InChI is InChI=1S/C12H24N2O2.ClH/c1-9(8-13-3)12(15)14-10(2)11-4-6-16-7-5-11;/h9-11,13H,4-8H2,1-3H3,(H,14,15);1H. The summed E-state index contributed by atoms with van der Waals surface area (Å²) in [5.74, 6) is 0.750. The van der Waals surface area contributed by atoms with Crippen LogP contribution in [0.3, 0.4) is 0 Å². The molecule has 1 saturated heterocycles. The number of rotatable bonds is 5. The average molecular weight is 265 g/mol. The van der Waals surface area contributed by atoms with E-state index >= 15 is 0 Å². The zero-order valence-corrected chi connectivity index (χ0v) is 11.8. The smallest absolute Gasteiger partial charge is 0.224 e. The fourth-order valence-corrected chi connectivity index (χ4v) is 2.10. The highest BCUT2D eigenvalue weighted by molar-refractivity contribution is 5.85. The first-order valence-electron chi connectivity index (χ1n) is 6.18. The van der Waals surface area contributed by atoms with E-state index < -0.39 is 0 Å². The lowest BCUT2D eigenvalue weighted by Crippen LogP contribution is -2.44. The summed E-state index contributed by atoms with van der Waals surface area (Å²) in [4.78, 5) is 11.8. The van der Waals surface area contributed by atoms with Gasteiger partial charge < -0.3 is 15.4 Å². The van der Waals surface area contributed by atoms with Crippen LogP contribution in [0.2, 0.25) is 0 Å². The van der Waals surface area contributed by atoms with Gasteiger partial charge in [0.05, 0.1) is 0 Å². The Kier molecular flexibility index (Phi) is 8.56. The van der Waals surface area contributed by atoms with Crippen LogP contribution >= 0.6 is 12.4 Å². The highest BCUT2D eigenvalue weighted by atomic mass is 35.5. The topological polar surface area (TPSA) is 50.4 Å². The molecule has 1 aliphatic heterocycles. The minimum atomic E-state index is 0. The molecule has 1 aliphatic rings. The zero-order chi connectivity index (χ0) is 12.0. The monoisotopic (exact) mass is 264 g/mol. The minimum absolute atomic E-state index is 0. The summed E-state index contributed by atoms with van der Waals surface area (Å²) in [7, 11) is 1.87. The third-order valence-corrected chi connectivity index (χ3v) is 3.30. The summed E-state index contributed by atoms with van der Waals surface area (Å²) in [6, 6.07) is 0.260. The van der Waals surface area contributed by atoms with Crippen molar-refractivity contribution in [1.82, 2.24) is 10.6 Å². The second-order valence-corrected chi connectivity index (χ2v) is 4.71. The van der Waals surface area contributed by atoms with Gasteiger partial charge in [-0.25, -0.2) is 0 Å². The molecule has 17 heavy (non-hydrogen) atoms. The van der Waals surface area contributed by atoms with E-state index in [1.807, 2.05) is 14.0 Å². The Balaban J connectivity index is 0.00000256. The van der Waals surface area contributed by atoms with Crippen LogP contribution in [0.15, 0.2) is 0 Å². The van der Waals surface area contributed by atoms with Gasteiger partial charge in [0.15, 0.2) is 0 Å². The predicted octanol–water partition coefficient (Wildman–Crippen LogP) is 1.19. The van der Waals surface area contributed by atoms with Crippen molar-refractivity contribution in [3.8, 4) is 0 Å². The van der Waals surface area contributed by atoms with Gasteiger partial charge in [0, 0.05) is 31.7 Å². The quantitative estimate of drug-likeness (QED) is 0.785. The van der Waals surface area contributed by atoms with Crippen LogP contribution < -0.4 is 10.6 Å². The number of nitrogens with one attached hydrogen (secondary N) is 2. The Bertz CT molecular complexity index is 221. The Hall–Kier alpha value is -0.320. The van der Waals surface area contributed by atoms with E-state index in [4.69, 9.17) is 4.74 Å². The number of carbonyl (C=O) groups is 1. The van der Waals surface area contributed by atoms with E-state index in [2.05, 4.69) is 17.6 Å². The number of amides is 1. The second-order valence-electron chi connectivity index (χ2n) is 4.71. The molecule has 1 amide bonds. The number of halogens is 1. The van der Waals surface area contributed by atoms with E-state index in [0.717, 1.165) is 32.6 Å². The number of hydrogen-bond acceptors (Lipinski definition) is 3. The highest BCUT2D eigenvalue weighted by Crippen LogP contribution is 2.18. The van der Waals surface area contributed by atoms with E-state index in [1.165, 1.54) is 0 Å². The summed E-state index contributed by atoms with van der Waals surface area (Å²) < 4.78 is 5.32. The maximum atomic E-state index is 11.8. The predicted molar refractivity (Wildman–Crippen MR) is 71.5 cm³/mol. The van der Waals surface area contributed by atoms with Crippen molar-refractivity contribution in [3.63, 3.8) is 0 Å². The lowest BCUT2D eigenvalue weighted by molar-refractivity contribution is -0.125. The van der Waals surface area contributed by atoms with E-state index in [9.17, 15) is 4.79 Å². The number of ether oxygens (including phenoxy) is 1. The third-order valence-electron chi connectivity index (χ3n) is 3.30. The van der Waals surface area contributed by atoms with Gasteiger partial charge in [-0.15, -0.1) is 12.4 Å². The molecular weight excluding hydrogens is 240 g/mol. The van der Waals surface area contributed by atoms with Gasteiger partial charge in [0.1, 0.15) is 0 Å². The molecule has 2 atom stereocenters. The molecule has 0 aromatic heterocycles. The molecule has 102 valence electrons. The van der Waals surface area contributed by atoms with Gasteiger partial charge in [-0.3, -0.25) is 4.79 Å². The molecule has 0 saturated carbocycles. The maximum absolute atomic E-state index is 11.8. The molecule has 1 heterocycles. The highest BCUT2D eigenvalue weighted by Gasteiger charge is 2.23. The van der Waals surface area contributed by atoms with E-state index in [-0.39, 0.29) is 30.3 Å². The van der Waals surface area contributed by atoms with Crippen LogP contribution in [-0.2, 0) is 9.53 Å². The average Bonchev–Trinajstić information content (AvgIpc) is 2.30. The molecule has 0 aromatic carbocycles. The van der Waals surface area contributed by atoms with Gasteiger partial charge in [0.25, 0.3) is 0 Å². The number of carbonyl (C=O) groups excluding carboxylic acids is 1. The molecule has 0 bridgehead atoms. The molecule has 0 spiro atoms. The van der Waals surface area contributed by atoms with E-state index in [1.54, 1.807) is 0 Å². The molecule has 4 nitrogen and oxygen atoms in total. The third kappa shape index (κ3) is 5.70. The first-order chi connectivity index (χ1) is 7.65. The van der Waals surface area contributed by atoms with Crippen LogP contribution in [0, 0.1) is 11.8 Å². The fraction of sp³-hybridized carbons (Fsp3) is 0.917. The fourth-order valence-electron chi connectivity index (χ4n) is 2.10. The molecular formula is C12H25ClN2O2.